The number of hydrogen-bond donors (Lipinski definition) is 1. The minimum Gasteiger partial charge on any atom is -0.449 e. The number of hydrogen-bond acceptors (Lipinski definition) is 5. The molecule has 1 amide bonds. The molecule has 36 heavy (non-hydrogen) atoms. The highest BCUT2D eigenvalue weighted by atomic mass is 35.5. The summed E-state index contributed by atoms with van der Waals surface area (Å²) in [5.41, 5.74) is 3.70. The van der Waals surface area contributed by atoms with E-state index in [4.69, 9.17) is 20.8 Å². The summed E-state index contributed by atoms with van der Waals surface area (Å²) in [7, 11) is 0. The number of benzene rings is 4. The van der Waals surface area contributed by atoms with Crippen LogP contribution in [0.4, 0.5) is 5.69 Å². The largest absolute Gasteiger partial charge is 0.449 e. The van der Waals surface area contributed by atoms with Crippen LogP contribution in [-0.2, 0) is 9.53 Å². The Hall–Kier alpha value is -4.16. The highest BCUT2D eigenvalue weighted by Gasteiger charge is 2.25. The van der Waals surface area contributed by atoms with Gasteiger partial charge in [-0.3, -0.25) is 4.79 Å². The average Bonchev–Trinajstić information content (AvgIpc) is 3.33. The Morgan fingerprint density at radius 1 is 1.00 bits per heavy atom. The van der Waals surface area contributed by atoms with Crippen molar-refractivity contribution in [1.29, 1.82) is 0 Å². The van der Waals surface area contributed by atoms with Gasteiger partial charge < -0.3 is 14.5 Å². The third kappa shape index (κ3) is 4.43. The van der Waals surface area contributed by atoms with Crippen molar-refractivity contribution in [2.45, 2.75) is 26.4 Å². The van der Waals surface area contributed by atoms with Crippen molar-refractivity contribution >= 4 is 51.0 Å². The topological polar surface area (TPSA) is 81.4 Å². The number of esters is 1. The average molecular weight is 499 g/mol. The number of nitrogens with zero attached hydrogens (tertiary/aromatic N) is 1. The summed E-state index contributed by atoms with van der Waals surface area (Å²) in [4.78, 5) is 31.0. The lowest BCUT2D eigenvalue weighted by atomic mass is 9.99. The van der Waals surface area contributed by atoms with Crippen LogP contribution in [0.15, 0.2) is 83.3 Å². The number of nitrogens with one attached hydrogen (secondary N) is 1. The smallest absolute Gasteiger partial charge is 0.339 e. The predicted molar refractivity (Wildman–Crippen MR) is 141 cm³/mol. The van der Waals surface area contributed by atoms with Crippen molar-refractivity contribution in [3.05, 3.63) is 95.0 Å². The highest BCUT2D eigenvalue weighted by Crippen LogP contribution is 2.33. The van der Waals surface area contributed by atoms with Gasteiger partial charge in [0.15, 0.2) is 11.7 Å². The highest BCUT2D eigenvalue weighted by molar-refractivity contribution is 6.31. The molecule has 1 N–H and O–H groups in total. The molecule has 7 heteroatoms. The molecule has 0 spiro atoms. The maximum absolute atomic E-state index is 13.4. The first-order valence-corrected chi connectivity index (χ1v) is 12.0. The SMILES string of the molecule is CCC(OC(=O)c1cccc2cccc(-c3nc4ccccc4o3)c12)C(=O)Nc1cccc(Cl)c1C. The van der Waals surface area contributed by atoms with Gasteiger partial charge in [-0.15, -0.1) is 0 Å². The van der Waals surface area contributed by atoms with Crippen molar-refractivity contribution in [3.63, 3.8) is 0 Å². The molecule has 1 unspecified atom stereocenters. The molecular weight excluding hydrogens is 476 g/mol. The Morgan fingerprint density at radius 2 is 1.75 bits per heavy atom. The van der Waals surface area contributed by atoms with Gasteiger partial charge in [0, 0.05) is 21.7 Å². The first-order valence-electron chi connectivity index (χ1n) is 11.6. The van der Waals surface area contributed by atoms with Crippen LogP contribution in [-0.4, -0.2) is 23.0 Å². The van der Waals surface area contributed by atoms with E-state index in [1.54, 1.807) is 37.3 Å². The van der Waals surface area contributed by atoms with E-state index < -0.39 is 18.0 Å². The molecule has 0 saturated heterocycles. The Morgan fingerprint density at radius 3 is 2.53 bits per heavy atom. The molecule has 6 nitrogen and oxygen atoms in total. The lowest BCUT2D eigenvalue weighted by molar-refractivity contribution is -0.124. The minimum absolute atomic E-state index is 0.305. The number of carbonyl (C=O) groups excluding carboxylic acids is 2. The monoisotopic (exact) mass is 498 g/mol. The standard InChI is InChI=1S/C29H23ClN2O4/c1-3-24(27(33)31-22-15-8-13-21(30)17(22)2)36-29(34)20-12-7-10-18-9-6-11-19(26(18)20)28-32-23-14-4-5-16-25(23)35-28/h4-16,24H,3H2,1-2H3,(H,31,33). The molecular formula is C29H23ClN2O4. The third-order valence-corrected chi connectivity index (χ3v) is 6.50. The van der Waals surface area contributed by atoms with E-state index >= 15 is 0 Å². The number of halogens is 1. The first-order chi connectivity index (χ1) is 17.5. The second-order valence-electron chi connectivity index (χ2n) is 8.40. The van der Waals surface area contributed by atoms with E-state index in [9.17, 15) is 9.59 Å². The number of aromatic nitrogens is 1. The van der Waals surface area contributed by atoms with E-state index in [2.05, 4.69) is 10.3 Å². The summed E-state index contributed by atoms with van der Waals surface area (Å²) in [6, 6.07) is 23.8. The first kappa shape index (κ1) is 23.6. The maximum atomic E-state index is 13.4. The van der Waals surface area contributed by atoms with Gasteiger partial charge in [-0.1, -0.05) is 61.0 Å². The molecule has 0 aliphatic rings. The second kappa shape index (κ2) is 9.84. The van der Waals surface area contributed by atoms with Gasteiger partial charge in [-0.05, 0) is 60.7 Å². The van der Waals surface area contributed by atoms with Crippen molar-refractivity contribution in [3.8, 4) is 11.5 Å². The van der Waals surface area contributed by atoms with Crippen LogP contribution >= 0.6 is 11.6 Å². The number of anilines is 1. The van der Waals surface area contributed by atoms with E-state index in [0.29, 0.717) is 45.1 Å². The second-order valence-corrected chi connectivity index (χ2v) is 8.81. The van der Waals surface area contributed by atoms with Crippen LogP contribution in [0.3, 0.4) is 0 Å². The Bertz CT molecular complexity index is 1570. The molecule has 4 aromatic carbocycles. The fourth-order valence-electron chi connectivity index (χ4n) is 4.15. The molecule has 1 aromatic heterocycles. The molecule has 0 fully saturated rings. The van der Waals surface area contributed by atoms with Gasteiger partial charge in [0.05, 0.1) is 5.56 Å². The van der Waals surface area contributed by atoms with Crippen LogP contribution in [0.2, 0.25) is 5.02 Å². The summed E-state index contributed by atoms with van der Waals surface area (Å²) in [6.07, 6.45) is -0.678. The number of amides is 1. The fourth-order valence-corrected chi connectivity index (χ4v) is 4.32. The number of carbonyl (C=O) groups is 2. The zero-order valence-electron chi connectivity index (χ0n) is 19.7. The number of oxazole rings is 1. The number of ether oxygens (including phenoxy) is 1. The Kier molecular flexibility index (Phi) is 6.44. The molecule has 0 radical (unpaired) electrons. The van der Waals surface area contributed by atoms with Gasteiger partial charge >= 0.3 is 5.97 Å². The van der Waals surface area contributed by atoms with E-state index in [1.807, 2.05) is 55.5 Å². The minimum atomic E-state index is -0.984. The molecule has 5 rings (SSSR count). The lowest BCUT2D eigenvalue weighted by Crippen LogP contribution is -2.32. The molecule has 0 aliphatic heterocycles. The number of rotatable bonds is 6. The number of fused-ring (bicyclic) bond motifs is 2. The van der Waals surface area contributed by atoms with Crippen molar-refractivity contribution in [2.24, 2.45) is 0 Å². The van der Waals surface area contributed by atoms with Gasteiger partial charge in [0.2, 0.25) is 5.89 Å². The fraction of sp³-hybridized carbons (Fsp3) is 0.138. The van der Waals surface area contributed by atoms with Crippen LogP contribution in [0.25, 0.3) is 33.3 Å². The van der Waals surface area contributed by atoms with Crippen LogP contribution in [0, 0.1) is 6.92 Å². The zero-order valence-corrected chi connectivity index (χ0v) is 20.5. The summed E-state index contributed by atoms with van der Waals surface area (Å²) in [5, 5.41) is 4.84. The summed E-state index contributed by atoms with van der Waals surface area (Å²) in [5.74, 6) is -0.618. The molecule has 1 atom stereocenters. The van der Waals surface area contributed by atoms with Crippen molar-refractivity contribution in [2.75, 3.05) is 5.32 Å². The zero-order chi connectivity index (χ0) is 25.2. The number of para-hydroxylation sites is 2. The maximum Gasteiger partial charge on any atom is 0.339 e. The third-order valence-electron chi connectivity index (χ3n) is 6.09. The summed E-state index contributed by atoms with van der Waals surface area (Å²) in [6.45, 7) is 3.60. The molecule has 0 aliphatic carbocycles. The summed E-state index contributed by atoms with van der Waals surface area (Å²) >= 11 is 6.17. The van der Waals surface area contributed by atoms with E-state index in [1.165, 1.54) is 0 Å². The predicted octanol–water partition coefficient (Wildman–Crippen LogP) is 7.18. The normalized spacial score (nSPS) is 12.0. The van der Waals surface area contributed by atoms with Crippen LogP contribution in [0.5, 0.6) is 0 Å². The van der Waals surface area contributed by atoms with Gasteiger partial charge in [0.1, 0.15) is 5.52 Å². The Balaban J connectivity index is 1.48. The Labute approximate surface area is 212 Å². The van der Waals surface area contributed by atoms with Crippen LogP contribution < -0.4 is 5.32 Å². The molecule has 5 aromatic rings. The van der Waals surface area contributed by atoms with Crippen molar-refractivity contribution < 1.29 is 18.7 Å². The van der Waals surface area contributed by atoms with Gasteiger partial charge in [-0.25, -0.2) is 9.78 Å². The summed E-state index contributed by atoms with van der Waals surface area (Å²) < 4.78 is 11.7. The molecule has 1 heterocycles. The molecule has 180 valence electrons. The van der Waals surface area contributed by atoms with Gasteiger partial charge in [0.25, 0.3) is 5.91 Å². The molecule has 0 saturated carbocycles. The van der Waals surface area contributed by atoms with Crippen LogP contribution in [0.1, 0.15) is 29.3 Å². The van der Waals surface area contributed by atoms with Crippen molar-refractivity contribution in [1.82, 2.24) is 4.98 Å². The lowest BCUT2D eigenvalue weighted by Gasteiger charge is -2.18. The molecule has 0 bridgehead atoms. The quantitative estimate of drug-likeness (QED) is 0.251. The van der Waals surface area contributed by atoms with E-state index in [0.717, 1.165) is 16.5 Å². The van der Waals surface area contributed by atoms with E-state index in [-0.39, 0.29) is 0 Å². The van der Waals surface area contributed by atoms with Gasteiger partial charge in [-0.2, -0.15) is 0 Å².